The van der Waals surface area contributed by atoms with Crippen molar-refractivity contribution >= 4 is 5.91 Å². The van der Waals surface area contributed by atoms with Gasteiger partial charge in [0, 0.05) is 12.6 Å². The first-order valence-corrected chi connectivity index (χ1v) is 9.06. The molecule has 2 aliphatic rings. The minimum atomic E-state index is 0.0166. The molecule has 1 aliphatic heterocycles. The number of hydrogen-bond donors (Lipinski definition) is 2. The number of nitrogens with two attached hydrogens (primary N) is 1. The summed E-state index contributed by atoms with van der Waals surface area (Å²) in [7, 11) is 0. The fourth-order valence-corrected chi connectivity index (χ4v) is 4.08. The van der Waals surface area contributed by atoms with E-state index in [0.717, 1.165) is 38.8 Å². The highest BCUT2D eigenvalue weighted by molar-refractivity contribution is 5.82. The van der Waals surface area contributed by atoms with Crippen LogP contribution in [0.5, 0.6) is 0 Å². The van der Waals surface area contributed by atoms with E-state index in [4.69, 9.17) is 5.73 Å². The van der Waals surface area contributed by atoms with Crippen LogP contribution in [0.3, 0.4) is 0 Å². The van der Waals surface area contributed by atoms with Gasteiger partial charge in [0.1, 0.15) is 0 Å². The second-order valence-corrected chi connectivity index (χ2v) is 7.01. The summed E-state index contributed by atoms with van der Waals surface area (Å²) < 4.78 is 0. The number of likely N-dealkylation sites (tertiary alicyclic amines) is 1. The lowest BCUT2D eigenvalue weighted by atomic mass is 9.98. The molecule has 1 amide bonds. The van der Waals surface area contributed by atoms with E-state index in [-0.39, 0.29) is 18.0 Å². The number of rotatable bonds is 5. The van der Waals surface area contributed by atoms with Crippen LogP contribution in [0.1, 0.15) is 44.1 Å². The second kappa shape index (κ2) is 7.93. The van der Waals surface area contributed by atoms with Gasteiger partial charge in [-0.25, -0.2) is 0 Å². The minimum Gasteiger partial charge on any atom is -0.352 e. The highest BCUT2D eigenvalue weighted by Gasteiger charge is 2.33. The summed E-state index contributed by atoms with van der Waals surface area (Å²) in [6.07, 6.45) is 6.72. The molecule has 3 N–H and O–H groups in total. The molecule has 0 aromatic heterocycles. The van der Waals surface area contributed by atoms with Crippen molar-refractivity contribution in [1.82, 2.24) is 10.2 Å². The van der Waals surface area contributed by atoms with E-state index in [9.17, 15) is 4.79 Å². The molecule has 0 bridgehead atoms. The molecule has 1 heterocycles. The van der Waals surface area contributed by atoms with Crippen LogP contribution in [0.25, 0.3) is 0 Å². The van der Waals surface area contributed by atoms with Gasteiger partial charge in [-0.3, -0.25) is 9.69 Å². The van der Waals surface area contributed by atoms with Crippen molar-refractivity contribution < 1.29 is 4.79 Å². The highest BCUT2D eigenvalue weighted by Crippen LogP contribution is 2.26. The van der Waals surface area contributed by atoms with E-state index in [1.54, 1.807) is 0 Å². The highest BCUT2D eigenvalue weighted by atomic mass is 16.2. The number of hydrogen-bond acceptors (Lipinski definition) is 3. The predicted octanol–water partition coefficient (Wildman–Crippen LogP) is 2.28. The van der Waals surface area contributed by atoms with Crippen LogP contribution in [0.15, 0.2) is 30.3 Å². The van der Waals surface area contributed by atoms with Crippen molar-refractivity contribution in [2.45, 2.75) is 57.2 Å². The van der Waals surface area contributed by atoms with Crippen LogP contribution in [0, 0.1) is 5.92 Å². The molecule has 1 aromatic rings. The molecule has 126 valence electrons. The Morgan fingerprint density at radius 1 is 1.13 bits per heavy atom. The molecule has 0 radical (unpaired) electrons. The zero-order chi connectivity index (χ0) is 16.1. The molecule has 3 atom stereocenters. The standard InChI is InChI=1S/C19H29N3O/c20-13-16-9-6-10-17(16)21-19(23)18-11-4-5-12-22(18)14-15-7-2-1-3-8-15/h1-3,7-8,16-18H,4-6,9-14,20H2,(H,21,23). The van der Waals surface area contributed by atoms with Gasteiger partial charge in [-0.1, -0.05) is 43.2 Å². The molecule has 1 saturated heterocycles. The summed E-state index contributed by atoms with van der Waals surface area (Å²) in [4.78, 5) is 15.2. The van der Waals surface area contributed by atoms with Gasteiger partial charge in [-0.05, 0) is 50.3 Å². The van der Waals surface area contributed by atoms with Crippen LogP contribution in [-0.4, -0.2) is 36.0 Å². The summed E-state index contributed by atoms with van der Waals surface area (Å²) in [6, 6.07) is 10.8. The average Bonchev–Trinajstić information content (AvgIpc) is 3.03. The molecule has 4 heteroatoms. The maximum atomic E-state index is 12.8. The van der Waals surface area contributed by atoms with Crippen LogP contribution in [0.2, 0.25) is 0 Å². The van der Waals surface area contributed by atoms with Crippen molar-refractivity contribution in [1.29, 1.82) is 0 Å². The Morgan fingerprint density at radius 2 is 1.96 bits per heavy atom. The largest absolute Gasteiger partial charge is 0.352 e. The van der Waals surface area contributed by atoms with E-state index in [0.29, 0.717) is 12.5 Å². The van der Waals surface area contributed by atoms with Gasteiger partial charge in [-0.2, -0.15) is 0 Å². The lowest BCUT2D eigenvalue weighted by Crippen LogP contribution is -2.52. The Hall–Kier alpha value is -1.39. The summed E-state index contributed by atoms with van der Waals surface area (Å²) in [5.74, 6) is 0.677. The van der Waals surface area contributed by atoms with Crippen molar-refractivity contribution in [3.05, 3.63) is 35.9 Å². The van der Waals surface area contributed by atoms with Crippen molar-refractivity contribution in [3.8, 4) is 0 Å². The third-order valence-electron chi connectivity index (χ3n) is 5.43. The number of nitrogens with zero attached hydrogens (tertiary/aromatic N) is 1. The lowest BCUT2D eigenvalue weighted by molar-refractivity contribution is -0.128. The van der Waals surface area contributed by atoms with E-state index < -0.39 is 0 Å². The maximum Gasteiger partial charge on any atom is 0.237 e. The Morgan fingerprint density at radius 3 is 2.74 bits per heavy atom. The van der Waals surface area contributed by atoms with Crippen LogP contribution in [0.4, 0.5) is 0 Å². The molecular formula is C19H29N3O. The quantitative estimate of drug-likeness (QED) is 0.876. The fraction of sp³-hybridized carbons (Fsp3) is 0.632. The molecule has 3 rings (SSSR count). The third kappa shape index (κ3) is 4.12. The molecule has 3 unspecified atom stereocenters. The molecule has 0 spiro atoms. The Labute approximate surface area is 139 Å². The summed E-state index contributed by atoms with van der Waals surface area (Å²) in [5, 5.41) is 3.30. The van der Waals surface area contributed by atoms with Gasteiger partial charge in [-0.15, -0.1) is 0 Å². The molecule has 23 heavy (non-hydrogen) atoms. The van der Waals surface area contributed by atoms with Gasteiger partial charge in [0.25, 0.3) is 0 Å². The molecule has 1 aliphatic carbocycles. The maximum absolute atomic E-state index is 12.8. The SMILES string of the molecule is NCC1CCCC1NC(=O)C1CCCCN1Cc1ccccc1. The number of nitrogens with one attached hydrogen (secondary N) is 1. The van der Waals surface area contributed by atoms with E-state index >= 15 is 0 Å². The number of carbonyl (C=O) groups excluding carboxylic acids is 1. The van der Waals surface area contributed by atoms with Gasteiger partial charge < -0.3 is 11.1 Å². The predicted molar refractivity (Wildman–Crippen MR) is 92.8 cm³/mol. The second-order valence-electron chi connectivity index (χ2n) is 7.01. The zero-order valence-corrected chi connectivity index (χ0v) is 13.9. The topological polar surface area (TPSA) is 58.4 Å². The third-order valence-corrected chi connectivity index (χ3v) is 5.43. The molecule has 2 fully saturated rings. The molecule has 1 saturated carbocycles. The van der Waals surface area contributed by atoms with Gasteiger partial charge >= 0.3 is 0 Å². The first-order valence-electron chi connectivity index (χ1n) is 9.06. The van der Waals surface area contributed by atoms with E-state index in [1.165, 1.54) is 18.4 Å². The van der Waals surface area contributed by atoms with Gasteiger partial charge in [0.15, 0.2) is 0 Å². The zero-order valence-electron chi connectivity index (χ0n) is 13.9. The average molecular weight is 315 g/mol. The number of piperidine rings is 1. The first-order chi connectivity index (χ1) is 11.3. The summed E-state index contributed by atoms with van der Waals surface area (Å²) in [6.45, 7) is 2.56. The summed E-state index contributed by atoms with van der Waals surface area (Å²) in [5.41, 5.74) is 7.13. The van der Waals surface area contributed by atoms with E-state index in [1.807, 2.05) is 6.07 Å². The van der Waals surface area contributed by atoms with Crippen molar-refractivity contribution in [3.63, 3.8) is 0 Å². The fourth-order valence-electron chi connectivity index (χ4n) is 4.08. The lowest BCUT2D eigenvalue weighted by Gasteiger charge is -2.35. The number of benzene rings is 1. The van der Waals surface area contributed by atoms with E-state index in [2.05, 4.69) is 34.5 Å². The molecule has 4 nitrogen and oxygen atoms in total. The normalized spacial score (nSPS) is 28.7. The van der Waals surface area contributed by atoms with Crippen molar-refractivity contribution in [2.24, 2.45) is 11.7 Å². The Bertz CT molecular complexity index is 505. The summed E-state index contributed by atoms with van der Waals surface area (Å²) >= 11 is 0. The Balaban J connectivity index is 1.62. The smallest absolute Gasteiger partial charge is 0.237 e. The van der Waals surface area contributed by atoms with Gasteiger partial charge in [0.05, 0.1) is 6.04 Å². The van der Waals surface area contributed by atoms with Crippen LogP contribution >= 0.6 is 0 Å². The molecule has 1 aromatic carbocycles. The first kappa shape index (κ1) is 16.5. The van der Waals surface area contributed by atoms with Crippen molar-refractivity contribution in [2.75, 3.05) is 13.1 Å². The van der Waals surface area contributed by atoms with Crippen LogP contribution < -0.4 is 11.1 Å². The van der Waals surface area contributed by atoms with Gasteiger partial charge in [0.2, 0.25) is 5.91 Å². The molecular weight excluding hydrogens is 286 g/mol. The minimum absolute atomic E-state index is 0.0166. The number of carbonyl (C=O) groups is 1. The monoisotopic (exact) mass is 315 g/mol. The van der Waals surface area contributed by atoms with Crippen LogP contribution in [-0.2, 0) is 11.3 Å². The Kier molecular flexibility index (Phi) is 5.68. The number of amides is 1.